The van der Waals surface area contributed by atoms with Crippen molar-refractivity contribution < 1.29 is 9.47 Å². The number of hydrogen-bond donors (Lipinski definition) is 1. The highest BCUT2D eigenvalue weighted by Crippen LogP contribution is 2.35. The molecule has 2 heterocycles. The van der Waals surface area contributed by atoms with Gasteiger partial charge in [-0.15, -0.1) is 0 Å². The molecule has 2 aliphatic rings. The van der Waals surface area contributed by atoms with Crippen molar-refractivity contribution >= 4 is 0 Å². The van der Waals surface area contributed by atoms with Crippen LogP contribution in [0, 0.1) is 5.92 Å². The van der Waals surface area contributed by atoms with Gasteiger partial charge in [0.05, 0.1) is 6.61 Å². The first kappa shape index (κ1) is 14.1. The molecule has 3 rings (SSSR count). The van der Waals surface area contributed by atoms with E-state index in [0.29, 0.717) is 6.61 Å². The molecule has 2 aliphatic heterocycles. The molecular weight excluding hydrogens is 250 g/mol. The highest BCUT2D eigenvalue weighted by Gasteiger charge is 2.34. The van der Waals surface area contributed by atoms with Crippen LogP contribution in [0.2, 0.25) is 0 Å². The Morgan fingerprint density at radius 3 is 2.85 bits per heavy atom. The van der Waals surface area contributed by atoms with Gasteiger partial charge in [0.2, 0.25) is 0 Å². The Morgan fingerprint density at radius 2 is 2.15 bits per heavy atom. The molecule has 1 aromatic rings. The van der Waals surface area contributed by atoms with E-state index in [4.69, 9.17) is 9.47 Å². The van der Waals surface area contributed by atoms with E-state index in [-0.39, 0.29) is 6.10 Å². The predicted molar refractivity (Wildman–Crippen MR) is 79.6 cm³/mol. The maximum absolute atomic E-state index is 6.03. The molecule has 2 saturated heterocycles. The van der Waals surface area contributed by atoms with Crippen molar-refractivity contribution in [3.05, 3.63) is 35.4 Å². The van der Waals surface area contributed by atoms with Gasteiger partial charge < -0.3 is 14.8 Å². The van der Waals surface area contributed by atoms with Gasteiger partial charge in [0.1, 0.15) is 6.10 Å². The van der Waals surface area contributed by atoms with E-state index in [1.54, 1.807) is 0 Å². The van der Waals surface area contributed by atoms with Gasteiger partial charge in [-0.05, 0) is 63.2 Å². The Morgan fingerprint density at radius 1 is 1.30 bits per heavy atom. The summed E-state index contributed by atoms with van der Waals surface area (Å²) in [4.78, 5) is 0. The van der Waals surface area contributed by atoms with Gasteiger partial charge in [-0.3, -0.25) is 0 Å². The van der Waals surface area contributed by atoms with Crippen molar-refractivity contribution in [2.45, 2.75) is 45.0 Å². The lowest BCUT2D eigenvalue weighted by molar-refractivity contribution is -0.139. The standard InChI is InChI=1S/C17H25NO2/c1-17(2)19-12-16(20-17)15-8-4-3-7-14(15)10-13-6-5-9-18-11-13/h3-4,7-8,13,16,18H,5-6,9-12H2,1-2H3. The average Bonchev–Trinajstić information content (AvgIpc) is 2.81. The lowest BCUT2D eigenvalue weighted by atomic mass is 9.89. The minimum Gasteiger partial charge on any atom is -0.347 e. The number of ether oxygens (including phenoxy) is 2. The average molecular weight is 275 g/mol. The first-order chi connectivity index (χ1) is 9.64. The molecule has 0 radical (unpaired) electrons. The SMILES string of the molecule is CC1(C)OCC(c2ccccc2CC2CCCNC2)O1. The maximum atomic E-state index is 6.03. The first-order valence-corrected chi connectivity index (χ1v) is 7.74. The van der Waals surface area contributed by atoms with Crippen molar-refractivity contribution in [2.24, 2.45) is 5.92 Å². The van der Waals surface area contributed by atoms with Crippen molar-refractivity contribution in [1.29, 1.82) is 0 Å². The summed E-state index contributed by atoms with van der Waals surface area (Å²) in [5.41, 5.74) is 2.73. The van der Waals surface area contributed by atoms with E-state index in [9.17, 15) is 0 Å². The third-order valence-corrected chi connectivity index (χ3v) is 4.32. The molecule has 3 heteroatoms. The number of nitrogens with one attached hydrogen (secondary N) is 1. The van der Waals surface area contributed by atoms with Gasteiger partial charge >= 0.3 is 0 Å². The van der Waals surface area contributed by atoms with E-state index < -0.39 is 5.79 Å². The second-order valence-corrected chi connectivity index (χ2v) is 6.43. The normalized spacial score (nSPS) is 29.5. The Labute approximate surface area is 121 Å². The van der Waals surface area contributed by atoms with E-state index in [0.717, 1.165) is 18.9 Å². The smallest absolute Gasteiger partial charge is 0.163 e. The molecule has 110 valence electrons. The summed E-state index contributed by atoms with van der Waals surface area (Å²) < 4.78 is 11.7. The Bertz CT molecular complexity index is 452. The number of rotatable bonds is 3. The lowest BCUT2D eigenvalue weighted by Gasteiger charge is -2.25. The zero-order valence-electron chi connectivity index (χ0n) is 12.5. The van der Waals surface area contributed by atoms with Crippen LogP contribution in [0.4, 0.5) is 0 Å². The molecule has 2 fully saturated rings. The maximum Gasteiger partial charge on any atom is 0.163 e. The van der Waals surface area contributed by atoms with Gasteiger partial charge in [-0.2, -0.15) is 0 Å². The van der Waals surface area contributed by atoms with Crippen LogP contribution in [0.1, 0.15) is 43.9 Å². The summed E-state index contributed by atoms with van der Waals surface area (Å²) in [6.45, 7) is 6.95. The molecular formula is C17H25NO2. The number of hydrogen-bond acceptors (Lipinski definition) is 3. The molecule has 1 aromatic carbocycles. The van der Waals surface area contributed by atoms with Gasteiger partial charge in [-0.1, -0.05) is 24.3 Å². The van der Waals surface area contributed by atoms with Crippen LogP contribution in [0.25, 0.3) is 0 Å². The number of benzene rings is 1. The fraction of sp³-hybridized carbons (Fsp3) is 0.647. The van der Waals surface area contributed by atoms with E-state index in [2.05, 4.69) is 29.6 Å². The Kier molecular flexibility index (Phi) is 4.11. The zero-order chi connectivity index (χ0) is 14.0. The summed E-state index contributed by atoms with van der Waals surface area (Å²) in [6, 6.07) is 8.68. The van der Waals surface area contributed by atoms with E-state index in [1.165, 1.54) is 30.5 Å². The molecule has 0 amide bonds. The molecule has 0 spiro atoms. The Balaban J connectivity index is 1.74. The molecule has 0 aliphatic carbocycles. The lowest BCUT2D eigenvalue weighted by Crippen LogP contribution is -2.31. The third kappa shape index (κ3) is 3.22. The molecule has 2 atom stereocenters. The molecule has 2 unspecified atom stereocenters. The minimum atomic E-state index is -0.454. The van der Waals surface area contributed by atoms with Crippen LogP contribution < -0.4 is 5.32 Å². The van der Waals surface area contributed by atoms with Crippen LogP contribution in [-0.2, 0) is 15.9 Å². The van der Waals surface area contributed by atoms with E-state index in [1.807, 2.05) is 13.8 Å². The highest BCUT2D eigenvalue weighted by molar-refractivity contribution is 5.30. The topological polar surface area (TPSA) is 30.5 Å². The summed E-state index contributed by atoms with van der Waals surface area (Å²) in [7, 11) is 0. The van der Waals surface area contributed by atoms with Crippen LogP contribution >= 0.6 is 0 Å². The van der Waals surface area contributed by atoms with Crippen molar-refractivity contribution in [1.82, 2.24) is 5.32 Å². The predicted octanol–water partition coefficient (Wildman–Crippen LogP) is 3.05. The molecule has 0 saturated carbocycles. The molecule has 0 bridgehead atoms. The van der Waals surface area contributed by atoms with E-state index >= 15 is 0 Å². The molecule has 20 heavy (non-hydrogen) atoms. The zero-order valence-corrected chi connectivity index (χ0v) is 12.5. The number of piperidine rings is 1. The first-order valence-electron chi connectivity index (χ1n) is 7.74. The van der Waals surface area contributed by atoms with Gasteiger partial charge in [0, 0.05) is 0 Å². The second kappa shape index (κ2) is 5.84. The van der Waals surface area contributed by atoms with Crippen LogP contribution in [0.15, 0.2) is 24.3 Å². The van der Waals surface area contributed by atoms with Crippen molar-refractivity contribution in [3.8, 4) is 0 Å². The van der Waals surface area contributed by atoms with Crippen molar-refractivity contribution in [3.63, 3.8) is 0 Å². The van der Waals surface area contributed by atoms with Gasteiger partial charge in [0.15, 0.2) is 5.79 Å². The fourth-order valence-corrected chi connectivity index (χ4v) is 3.28. The van der Waals surface area contributed by atoms with Crippen molar-refractivity contribution in [2.75, 3.05) is 19.7 Å². The third-order valence-electron chi connectivity index (χ3n) is 4.32. The van der Waals surface area contributed by atoms with Gasteiger partial charge in [-0.25, -0.2) is 0 Å². The second-order valence-electron chi connectivity index (χ2n) is 6.43. The van der Waals surface area contributed by atoms with Crippen LogP contribution in [-0.4, -0.2) is 25.5 Å². The van der Waals surface area contributed by atoms with Gasteiger partial charge in [0.25, 0.3) is 0 Å². The van der Waals surface area contributed by atoms with Crippen LogP contribution in [0.5, 0.6) is 0 Å². The summed E-state index contributed by atoms with van der Waals surface area (Å²) >= 11 is 0. The molecule has 0 aromatic heterocycles. The monoisotopic (exact) mass is 275 g/mol. The fourth-order valence-electron chi connectivity index (χ4n) is 3.28. The molecule has 3 nitrogen and oxygen atoms in total. The summed E-state index contributed by atoms with van der Waals surface area (Å²) in [5.74, 6) is 0.296. The molecule has 1 N–H and O–H groups in total. The largest absolute Gasteiger partial charge is 0.347 e. The summed E-state index contributed by atoms with van der Waals surface area (Å²) in [5, 5.41) is 3.50. The summed E-state index contributed by atoms with van der Waals surface area (Å²) in [6.07, 6.45) is 3.85. The van der Waals surface area contributed by atoms with Crippen LogP contribution in [0.3, 0.4) is 0 Å². The highest BCUT2D eigenvalue weighted by atomic mass is 16.7. The minimum absolute atomic E-state index is 0.0812. The Hall–Kier alpha value is -0.900. The quantitative estimate of drug-likeness (QED) is 0.919.